The molecule has 1 amide bonds. The summed E-state index contributed by atoms with van der Waals surface area (Å²) in [6, 6.07) is 4.50. The lowest BCUT2D eigenvalue weighted by atomic mass is 9.97. The maximum Gasteiger partial charge on any atom is 0.237 e. The van der Waals surface area contributed by atoms with Crippen LogP contribution in [0.1, 0.15) is 35.4 Å². The highest BCUT2D eigenvalue weighted by Gasteiger charge is 2.24. The molecular weight excluding hydrogens is 330 g/mol. The molecule has 0 aliphatic carbocycles. The first-order valence-electron chi connectivity index (χ1n) is 8.49. The number of thiophene rings is 1. The molecule has 1 aromatic heterocycles. The van der Waals surface area contributed by atoms with Crippen molar-refractivity contribution in [3.8, 4) is 0 Å². The molecule has 2 saturated heterocycles. The van der Waals surface area contributed by atoms with Gasteiger partial charge in [-0.3, -0.25) is 9.69 Å². The molecule has 0 radical (unpaired) electrons. The number of amides is 1. The number of likely N-dealkylation sites (tertiary alicyclic amines) is 1. The van der Waals surface area contributed by atoms with Gasteiger partial charge in [-0.15, -0.1) is 23.7 Å². The maximum absolute atomic E-state index is 12.1. The monoisotopic (exact) mass is 357 g/mol. The van der Waals surface area contributed by atoms with E-state index in [1.54, 1.807) is 0 Å². The maximum atomic E-state index is 12.1. The van der Waals surface area contributed by atoms with E-state index in [-0.39, 0.29) is 24.4 Å². The third-order valence-corrected chi connectivity index (χ3v) is 5.71. The number of halogens is 1. The minimum Gasteiger partial charge on any atom is -0.354 e. The Hall–Kier alpha value is -0.620. The summed E-state index contributed by atoms with van der Waals surface area (Å²) in [7, 11) is 0. The van der Waals surface area contributed by atoms with E-state index >= 15 is 0 Å². The first kappa shape index (κ1) is 18.7. The minimum atomic E-state index is 0. The Morgan fingerprint density at radius 2 is 2.26 bits per heavy atom. The van der Waals surface area contributed by atoms with E-state index in [0.29, 0.717) is 5.92 Å². The van der Waals surface area contributed by atoms with Gasteiger partial charge in [-0.1, -0.05) is 0 Å². The van der Waals surface area contributed by atoms with Crippen molar-refractivity contribution < 1.29 is 4.79 Å². The SMILES string of the molecule is Cc1ccc(CN2CCCC(CNC(=O)C3CCCN3)C2)s1.Cl. The zero-order chi connectivity index (χ0) is 15.4. The van der Waals surface area contributed by atoms with Gasteiger partial charge in [0.2, 0.25) is 5.91 Å². The molecule has 3 heterocycles. The highest BCUT2D eigenvalue weighted by molar-refractivity contribution is 7.11. The first-order valence-corrected chi connectivity index (χ1v) is 9.31. The fraction of sp³-hybridized carbons (Fsp3) is 0.706. The Morgan fingerprint density at radius 3 is 2.96 bits per heavy atom. The molecule has 0 aromatic carbocycles. The average Bonchev–Trinajstić information content (AvgIpc) is 3.17. The van der Waals surface area contributed by atoms with Crippen LogP contribution in [0.15, 0.2) is 12.1 Å². The first-order chi connectivity index (χ1) is 10.7. The van der Waals surface area contributed by atoms with Gasteiger partial charge in [0.25, 0.3) is 0 Å². The van der Waals surface area contributed by atoms with Gasteiger partial charge < -0.3 is 10.6 Å². The molecule has 0 bridgehead atoms. The summed E-state index contributed by atoms with van der Waals surface area (Å²) < 4.78 is 0. The second kappa shape index (κ2) is 9.02. The van der Waals surface area contributed by atoms with Gasteiger partial charge in [0.15, 0.2) is 0 Å². The topological polar surface area (TPSA) is 44.4 Å². The van der Waals surface area contributed by atoms with Crippen molar-refractivity contribution >= 4 is 29.7 Å². The zero-order valence-corrected chi connectivity index (χ0v) is 15.5. The molecule has 23 heavy (non-hydrogen) atoms. The number of carbonyl (C=O) groups excluding carboxylic acids is 1. The summed E-state index contributed by atoms with van der Waals surface area (Å²) in [5, 5.41) is 6.42. The van der Waals surface area contributed by atoms with Gasteiger partial charge in [-0.2, -0.15) is 0 Å². The fourth-order valence-corrected chi connectivity index (χ4v) is 4.46. The van der Waals surface area contributed by atoms with Crippen LogP contribution in [0.4, 0.5) is 0 Å². The Balaban J connectivity index is 0.00000192. The highest BCUT2D eigenvalue weighted by Crippen LogP contribution is 2.22. The normalized spacial score (nSPS) is 25.1. The number of nitrogens with zero attached hydrogens (tertiary/aromatic N) is 1. The number of nitrogens with one attached hydrogen (secondary N) is 2. The van der Waals surface area contributed by atoms with Crippen molar-refractivity contribution in [3.63, 3.8) is 0 Å². The van der Waals surface area contributed by atoms with Gasteiger partial charge >= 0.3 is 0 Å². The number of hydrogen-bond donors (Lipinski definition) is 2. The highest BCUT2D eigenvalue weighted by atomic mass is 35.5. The van der Waals surface area contributed by atoms with Crippen molar-refractivity contribution in [2.75, 3.05) is 26.2 Å². The Bertz CT molecular complexity index is 502. The van der Waals surface area contributed by atoms with Crippen LogP contribution in [0.5, 0.6) is 0 Å². The molecule has 130 valence electrons. The van der Waals surface area contributed by atoms with Crippen LogP contribution >= 0.6 is 23.7 Å². The van der Waals surface area contributed by atoms with Crippen LogP contribution in [0.25, 0.3) is 0 Å². The number of aryl methyl sites for hydroxylation is 1. The van der Waals surface area contributed by atoms with E-state index in [1.165, 1.54) is 29.1 Å². The molecule has 0 spiro atoms. The molecule has 2 atom stereocenters. The zero-order valence-electron chi connectivity index (χ0n) is 13.8. The molecule has 2 unspecified atom stereocenters. The standard InChI is InChI=1S/C17H27N3OS.ClH/c1-13-6-7-15(22-13)12-20-9-3-4-14(11-20)10-19-17(21)16-5-2-8-18-16;/h6-7,14,16,18H,2-5,8-12H2,1H3,(H,19,21);1H. The van der Waals surface area contributed by atoms with Crippen molar-refractivity contribution in [2.45, 2.75) is 45.2 Å². The van der Waals surface area contributed by atoms with Gasteiger partial charge in [-0.05, 0) is 63.7 Å². The lowest BCUT2D eigenvalue weighted by molar-refractivity contribution is -0.123. The second-order valence-corrected chi connectivity index (χ2v) is 8.02. The fourth-order valence-electron chi connectivity index (χ4n) is 3.53. The molecule has 2 aliphatic heterocycles. The lowest BCUT2D eigenvalue weighted by Gasteiger charge is -2.32. The predicted octanol–water partition coefficient (Wildman–Crippen LogP) is 2.56. The van der Waals surface area contributed by atoms with E-state index in [0.717, 1.165) is 39.0 Å². The van der Waals surface area contributed by atoms with Crippen LogP contribution in [-0.2, 0) is 11.3 Å². The van der Waals surface area contributed by atoms with E-state index in [1.807, 2.05) is 11.3 Å². The molecule has 4 nitrogen and oxygen atoms in total. The summed E-state index contributed by atoms with van der Waals surface area (Å²) in [5.74, 6) is 0.795. The molecule has 2 N–H and O–H groups in total. The van der Waals surface area contributed by atoms with Crippen molar-refractivity contribution in [3.05, 3.63) is 21.9 Å². The van der Waals surface area contributed by atoms with Gasteiger partial charge in [0.1, 0.15) is 0 Å². The summed E-state index contributed by atoms with van der Waals surface area (Å²) in [4.78, 5) is 17.5. The van der Waals surface area contributed by atoms with Crippen LogP contribution in [-0.4, -0.2) is 43.0 Å². The Labute approximate surface area is 149 Å². The molecule has 6 heteroatoms. The number of carbonyl (C=O) groups is 1. The number of piperidine rings is 1. The van der Waals surface area contributed by atoms with Gasteiger partial charge in [0, 0.05) is 29.4 Å². The lowest BCUT2D eigenvalue weighted by Crippen LogP contribution is -2.45. The minimum absolute atomic E-state index is 0. The molecule has 2 aliphatic rings. The molecular formula is C17H28ClN3OS. The van der Waals surface area contributed by atoms with Gasteiger partial charge in [0.05, 0.1) is 6.04 Å². The second-order valence-electron chi connectivity index (χ2n) is 6.65. The number of hydrogen-bond acceptors (Lipinski definition) is 4. The number of rotatable bonds is 5. The van der Waals surface area contributed by atoms with Crippen molar-refractivity contribution in [2.24, 2.45) is 5.92 Å². The van der Waals surface area contributed by atoms with E-state index in [4.69, 9.17) is 0 Å². The smallest absolute Gasteiger partial charge is 0.237 e. The van der Waals surface area contributed by atoms with Crippen LogP contribution in [0.3, 0.4) is 0 Å². The van der Waals surface area contributed by atoms with Crippen LogP contribution in [0.2, 0.25) is 0 Å². The van der Waals surface area contributed by atoms with E-state index < -0.39 is 0 Å². The van der Waals surface area contributed by atoms with E-state index in [2.05, 4.69) is 34.6 Å². The van der Waals surface area contributed by atoms with E-state index in [9.17, 15) is 4.79 Å². The molecule has 3 rings (SSSR count). The molecule has 1 aromatic rings. The van der Waals surface area contributed by atoms with Crippen LogP contribution in [0, 0.1) is 12.8 Å². The summed E-state index contributed by atoms with van der Waals surface area (Å²) in [5.41, 5.74) is 0. The third kappa shape index (κ3) is 5.45. The molecule has 0 saturated carbocycles. The quantitative estimate of drug-likeness (QED) is 0.851. The summed E-state index contributed by atoms with van der Waals surface area (Å²) >= 11 is 1.90. The third-order valence-electron chi connectivity index (χ3n) is 4.72. The molecule has 2 fully saturated rings. The Kier molecular flexibility index (Phi) is 7.34. The Morgan fingerprint density at radius 1 is 1.39 bits per heavy atom. The average molecular weight is 358 g/mol. The van der Waals surface area contributed by atoms with Gasteiger partial charge in [-0.25, -0.2) is 0 Å². The van der Waals surface area contributed by atoms with Crippen molar-refractivity contribution in [1.29, 1.82) is 0 Å². The predicted molar refractivity (Wildman–Crippen MR) is 98.3 cm³/mol. The summed E-state index contributed by atoms with van der Waals surface area (Å²) in [6.07, 6.45) is 4.58. The van der Waals surface area contributed by atoms with Crippen LogP contribution < -0.4 is 10.6 Å². The largest absolute Gasteiger partial charge is 0.354 e. The van der Waals surface area contributed by atoms with Crippen molar-refractivity contribution in [1.82, 2.24) is 15.5 Å². The summed E-state index contributed by atoms with van der Waals surface area (Å²) in [6.45, 7) is 7.33.